The number of hydrogen-bond donors (Lipinski definition) is 0. The predicted octanol–water partition coefficient (Wildman–Crippen LogP) is 9.67. The number of rotatable bonds is 8. The van der Waals surface area contributed by atoms with E-state index in [1.807, 2.05) is 0 Å². The van der Waals surface area contributed by atoms with Crippen LogP contribution in [0.4, 0.5) is 0 Å². The second kappa shape index (κ2) is 21.7. The Kier molecular flexibility index (Phi) is 18.0. The number of hydrogen-bond acceptors (Lipinski definition) is 0. The zero-order chi connectivity index (χ0) is 38.1. The van der Waals surface area contributed by atoms with Crippen molar-refractivity contribution in [3.63, 3.8) is 0 Å². The van der Waals surface area contributed by atoms with Gasteiger partial charge in [-0.25, -0.2) is 0 Å². The summed E-state index contributed by atoms with van der Waals surface area (Å²) in [4.78, 5) is 0. The van der Waals surface area contributed by atoms with E-state index in [9.17, 15) is 0 Å². The van der Waals surface area contributed by atoms with E-state index in [0.29, 0.717) is 10.8 Å². The van der Waals surface area contributed by atoms with Crippen LogP contribution in [0.3, 0.4) is 0 Å². The molecule has 0 radical (unpaired) electrons. The molecule has 296 valence electrons. The van der Waals surface area contributed by atoms with Crippen LogP contribution in [0.15, 0.2) is 109 Å². The van der Waals surface area contributed by atoms with Crippen LogP contribution in [0.5, 0.6) is 0 Å². The van der Waals surface area contributed by atoms with Crippen molar-refractivity contribution in [1.29, 1.82) is 0 Å². The van der Waals surface area contributed by atoms with Crippen molar-refractivity contribution in [1.82, 2.24) is 0 Å². The maximum absolute atomic E-state index is 2.47. The SMILES string of the molecule is CCC1(Cc2cc3c(-c4ccc(C)cc4)cccc3[cH-]2)CCCCC1.CCC1(Cc2cc3c(-c4ccc(C)cc4)cccc3[cH-]2)CCCCC1.C[Si](C)=[Zr+2].[Cl-].[Cl-]. The molecule has 0 spiro atoms. The molecule has 2 aliphatic rings. The maximum atomic E-state index is 2.47. The molecule has 0 aromatic heterocycles. The average molecular weight is 879 g/mol. The van der Waals surface area contributed by atoms with Gasteiger partial charge in [-0.05, 0) is 74.3 Å². The van der Waals surface area contributed by atoms with Crippen molar-refractivity contribution in [2.75, 3.05) is 0 Å². The van der Waals surface area contributed by atoms with E-state index in [0.717, 1.165) is 0 Å². The minimum absolute atomic E-state index is 0. The van der Waals surface area contributed by atoms with E-state index in [-0.39, 0.29) is 30.2 Å². The quantitative estimate of drug-likeness (QED) is 0.106. The molecule has 4 heteroatoms. The third kappa shape index (κ3) is 11.9. The van der Waals surface area contributed by atoms with E-state index in [4.69, 9.17) is 0 Å². The van der Waals surface area contributed by atoms with Gasteiger partial charge in [-0.2, -0.15) is 12.1 Å². The Balaban J connectivity index is 0.000000220. The number of halogens is 2. The van der Waals surface area contributed by atoms with Gasteiger partial charge in [0.15, 0.2) is 0 Å². The number of benzene rings is 4. The summed E-state index contributed by atoms with van der Waals surface area (Å²) in [7, 11) is 0. The number of aryl methyl sites for hydroxylation is 2. The standard InChI is InChI=1S/2C25H29.C2H6Si.2ClH.Zr/c2*1-3-25(14-5-4-6-15-25)18-20-16-22-8-7-9-23(24(22)17-20)21-12-10-19(2)11-13-21;1-3-2;;;/h2*7-13,16-17H,3-6,14-15,18H2,1-2H3;1-2H3;2*1H;/q2*-1;;;;+2/p-2. The molecule has 6 aromatic carbocycles. The van der Waals surface area contributed by atoms with E-state index < -0.39 is 0 Å². The Hall–Kier alpha value is -2.22. The summed E-state index contributed by atoms with van der Waals surface area (Å²) in [5.74, 6) is 0. The molecular weight excluding hydrogens is 815 g/mol. The van der Waals surface area contributed by atoms with E-state index >= 15 is 0 Å². The first-order valence-electron chi connectivity index (χ1n) is 21.1. The molecule has 0 bridgehead atoms. The van der Waals surface area contributed by atoms with Gasteiger partial charge < -0.3 is 24.8 Å². The first kappa shape index (κ1) is 46.5. The van der Waals surface area contributed by atoms with Crippen LogP contribution >= 0.6 is 0 Å². The summed E-state index contributed by atoms with van der Waals surface area (Å²) >= 11 is 1.74. The third-order valence-corrected chi connectivity index (χ3v) is 12.8. The van der Waals surface area contributed by atoms with E-state index in [2.05, 4.69) is 150 Å². The topological polar surface area (TPSA) is 0 Å². The van der Waals surface area contributed by atoms with Gasteiger partial charge in [0.2, 0.25) is 0 Å². The monoisotopic (exact) mass is 876 g/mol. The molecule has 2 aliphatic carbocycles. The molecule has 0 aliphatic heterocycles. The Morgan fingerprint density at radius 3 is 1.20 bits per heavy atom. The average Bonchev–Trinajstić information content (AvgIpc) is 3.79. The Bertz CT molecular complexity index is 1950. The fraction of sp³-hybridized carbons (Fsp3) is 0.423. The van der Waals surface area contributed by atoms with Crippen LogP contribution in [0, 0.1) is 24.7 Å². The molecular formula is C52H64Cl2SiZr-2. The summed E-state index contributed by atoms with van der Waals surface area (Å²) < 4.78 is 0. The van der Waals surface area contributed by atoms with Crippen molar-refractivity contribution in [3.05, 3.63) is 131 Å². The first-order chi connectivity index (χ1) is 26.1. The van der Waals surface area contributed by atoms with Gasteiger partial charge in [0.1, 0.15) is 0 Å². The van der Waals surface area contributed by atoms with Crippen LogP contribution in [0.1, 0.15) is 113 Å². The summed E-state index contributed by atoms with van der Waals surface area (Å²) in [5, 5.41) is 5.64. The summed E-state index contributed by atoms with van der Waals surface area (Å²) in [5.41, 5.74) is 12.4. The zero-order valence-corrected chi connectivity index (χ0v) is 40.0. The van der Waals surface area contributed by atoms with Crippen LogP contribution in [-0.4, -0.2) is 5.43 Å². The normalized spacial score (nSPS) is 15.7. The molecule has 56 heavy (non-hydrogen) atoms. The van der Waals surface area contributed by atoms with Crippen molar-refractivity contribution < 1.29 is 48.1 Å². The minimum Gasteiger partial charge on any atom is -1.00 e. The molecule has 0 heterocycles. The summed E-state index contributed by atoms with van der Waals surface area (Å²) in [6.07, 6.45) is 19.3. The third-order valence-electron chi connectivity index (χ3n) is 12.8. The predicted molar refractivity (Wildman–Crippen MR) is 236 cm³/mol. The van der Waals surface area contributed by atoms with Crippen LogP contribution in [-0.2, 0) is 36.2 Å². The molecule has 6 aromatic rings. The van der Waals surface area contributed by atoms with E-state index in [1.54, 1.807) is 34.5 Å². The van der Waals surface area contributed by atoms with Gasteiger partial charge in [0.05, 0.1) is 0 Å². The number of fused-ring (bicyclic) bond motifs is 2. The first-order valence-corrected chi connectivity index (χ1v) is 27.3. The molecule has 0 atom stereocenters. The largest absolute Gasteiger partial charge is 1.00 e. The van der Waals surface area contributed by atoms with Gasteiger partial charge in [-0.1, -0.05) is 148 Å². The Morgan fingerprint density at radius 1 is 0.536 bits per heavy atom. The van der Waals surface area contributed by atoms with Crippen LogP contribution < -0.4 is 24.8 Å². The van der Waals surface area contributed by atoms with Crippen LogP contribution in [0.25, 0.3) is 43.8 Å². The molecule has 0 amide bonds. The van der Waals surface area contributed by atoms with Crippen molar-refractivity contribution >= 4 is 27.0 Å². The molecule has 2 fully saturated rings. The van der Waals surface area contributed by atoms with Crippen molar-refractivity contribution in [2.24, 2.45) is 10.8 Å². The summed E-state index contributed by atoms with van der Waals surface area (Å²) in [6.45, 7) is 13.7. The maximum Gasteiger partial charge on any atom is -1.00 e. The van der Waals surface area contributed by atoms with Crippen molar-refractivity contribution in [2.45, 2.75) is 131 Å². The van der Waals surface area contributed by atoms with Gasteiger partial charge in [-0.3, -0.25) is 0 Å². The molecule has 0 N–H and O–H groups in total. The molecule has 2 saturated carbocycles. The van der Waals surface area contributed by atoms with Gasteiger partial charge in [0.25, 0.3) is 0 Å². The fourth-order valence-corrected chi connectivity index (χ4v) is 9.55. The summed E-state index contributed by atoms with van der Waals surface area (Å²) in [6, 6.07) is 41.2. The Labute approximate surface area is 367 Å². The molecule has 0 saturated heterocycles. The fourth-order valence-electron chi connectivity index (χ4n) is 9.55. The van der Waals surface area contributed by atoms with Gasteiger partial charge in [-0.15, -0.1) is 69.1 Å². The van der Waals surface area contributed by atoms with Gasteiger partial charge in [0, 0.05) is 0 Å². The Morgan fingerprint density at radius 2 is 0.875 bits per heavy atom. The second-order valence-electron chi connectivity index (χ2n) is 17.3. The zero-order valence-electron chi connectivity index (χ0n) is 35.0. The minimum atomic E-state index is 0. The molecule has 0 unspecified atom stereocenters. The van der Waals surface area contributed by atoms with Gasteiger partial charge >= 0.3 is 41.9 Å². The van der Waals surface area contributed by atoms with Crippen LogP contribution in [0.2, 0.25) is 13.1 Å². The molecule has 8 rings (SSSR count). The molecule has 0 nitrogen and oxygen atoms in total. The smallest absolute Gasteiger partial charge is 1.00 e. The second-order valence-corrected chi connectivity index (χ2v) is 26.6. The van der Waals surface area contributed by atoms with E-state index in [1.165, 1.54) is 145 Å². The van der Waals surface area contributed by atoms with Crippen molar-refractivity contribution in [3.8, 4) is 22.3 Å².